The van der Waals surface area contributed by atoms with Gasteiger partial charge in [0.25, 0.3) is 0 Å². The summed E-state index contributed by atoms with van der Waals surface area (Å²) in [6, 6.07) is 11.7. The van der Waals surface area contributed by atoms with E-state index in [2.05, 4.69) is 38.3 Å². The van der Waals surface area contributed by atoms with Gasteiger partial charge >= 0.3 is 0 Å². The zero-order chi connectivity index (χ0) is 14.1. The lowest BCUT2D eigenvalue weighted by atomic mass is 10.1. The van der Waals surface area contributed by atoms with Crippen LogP contribution in [-0.4, -0.2) is 14.6 Å². The largest absolute Gasteiger partial charge is 0.346 e. The van der Waals surface area contributed by atoms with Gasteiger partial charge in [-0.2, -0.15) is 4.98 Å². The summed E-state index contributed by atoms with van der Waals surface area (Å²) in [6.45, 7) is 2.06. The van der Waals surface area contributed by atoms with Gasteiger partial charge in [-0.15, -0.1) is 5.10 Å². The van der Waals surface area contributed by atoms with E-state index in [-0.39, 0.29) is 6.04 Å². The van der Waals surface area contributed by atoms with Crippen molar-refractivity contribution in [3.63, 3.8) is 0 Å². The topological polar surface area (TPSA) is 42.2 Å². The predicted octanol–water partition coefficient (Wildman–Crippen LogP) is 4.32. The van der Waals surface area contributed by atoms with E-state index in [9.17, 15) is 0 Å². The molecule has 0 saturated heterocycles. The second-order valence-corrected chi connectivity index (χ2v) is 5.77. The van der Waals surface area contributed by atoms with Crippen molar-refractivity contribution in [2.75, 3.05) is 5.32 Å². The molecule has 0 fully saturated rings. The van der Waals surface area contributed by atoms with Gasteiger partial charge in [-0.1, -0.05) is 23.7 Å². The third kappa shape index (κ3) is 2.64. The maximum atomic E-state index is 5.89. The van der Waals surface area contributed by atoms with Gasteiger partial charge in [-0.05, 0) is 52.7 Å². The van der Waals surface area contributed by atoms with Crippen LogP contribution >= 0.6 is 27.5 Å². The first kappa shape index (κ1) is 13.4. The van der Waals surface area contributed by atoms with Gasteiger partial charge in [0.05, 0.1) is 10.5 Å². The number of fused-ring (bicyclic) bond motifs is 1. The van der Waals surface area contributed by atoms with Crippen LogP contribution in [-0.2, 0) is 0 Å². The molecular formula is C14H12BrClN4. The minimum atomic E-state index is 0.100. The summed E-state index contributed by atoms with van der Waals surface area (Å²) in [7, 11) is 0. The van der Waals surface area contributed by atoms with Gasteiger partial charge in [-0.25, -0.2) is 4.52 Å². The molecule has 3 rings (SSSR count). The molecule has 0 spiro atoms. The number of halogens is 2. The molecule has 1 atom stereocenters. The number of nitrogens with one attached hydrogen (secondary N) is 1. The molecule has 1 aromatic carbocycles. The van der Waals surface area contributed by atoms with Gasteiger partial charge in [0, 0.05) is 11.2 Å². The summed E-state index contributed by atoms with van der Waals surface area (Å²) in [5.74, 6) is 0.597. The lowest BCUT2D eigenvalue weighted by Gasteiger charge is -2.12. The predicted molar refractivity (Wildman–Crippen MR) is 84.2 cm³/mol. The first-order valence-corrected chi connectivity index (χ1v) is 7.33. The molecule has 4 nitrogen and oxygen atoms in total. The number of hydrogen-bond acceptors (Lipinski definition) is 3. The highest BCUT2D eigenvalue weighted by molar-refractivity contribution is 9.10. The SMILES string of the molecule is CC(Nc1nc2c(Br)cccn2n1)c1ccc(Cl)cc1. The van der Waals surface area contributed by atoms with Crippen LogP contribution in [0.2, 0.25) is 5.02 Å². The van der Waals surface area contributed by atoms with Gasteiger partial charge < -0.3 is 5.32 Å². The fourth-order valence-electron chi connectivity index (χ4n) is 1.96. The molecule has 0 aliphatic heterocycles. The Kier molecular flexibility index (Phi) is 3.63. The van der Waals surface area contributed by atoms with Crippen molar-refractivity contribution < 1.29 is 0 Å². The molecule has 0 bridgehead atoms. The highest BCUT2D eigenvalue weighted by atomic mass is 79.9. The normalized spacial score (nSPS) is 12.6. The lowest BCUT2D eigenvalue weighted by Crippen LogP contribution is -2.07. The second kappa shape index (κ2) is 5.42. The van der Waals surface area contributed by atoms with E-state index < -0.39 is 0 Å². The Morgan fingerprint density at radius 1 is 1.25 bits per heavy atom. The van der Waals surface area contributed by atoms with Crippen LogP contribution in [0.4, 0.5) is 5.95 Å². The minimum Gasteiger partial charge on any atom is -0.346 e. The number of hydrogen-bond donors (Lipinski definition) is 1. The second-order valence-electron chi connectivity index (χ2n) is 4.48. The van der Waals surface area contributed by atoms with Crippen molar-refractivity contribution in [2.24, 2.45) is 0 Å². The lowest BCUT2D eigenvalue weighted by molar-refractivity contribution is 0.853. The van der Waals surface area contributed by atoms with Crippen molar-refractivity contribution >= 4 is 39.1 Å². The number of anilines is 1. The van der Waals surface area contributed by atoms with E-state index in [0.717, 1.165) is 20.7 Å². The Morgan fingerprint density at radius 2 is 2.00 bits per heavy atom. The molecule has 0 aliphatic carbocycles. The zero-order valence-corrected chi connectivity index (χ0v) is 13.1. The van der Waals surface area contributed by atoms with Gasteiger partial charge in [0.1, 0.15) is 0 Å². The number of benzene rings is 1. The highest BCUT2D eigenvalue weighted by Gasteiger charge is 2.10. The van der Waals surface area contributed by atoms with E-state index in [1.165, 1.54) is 0 Å². The van der Waals surface area contributed by atoms with E-state index in [4.69, 9.17) is 11.6 Å². The van der Waals surface area contributed by atoms with Crippen LogP contribution in [0.1, 0.15) is 18.5 Å². The standard InChI is InChI=1S/C14H12BrClN4/c1-9(10-4-6-11(16)7-5-10)17-14-18-13-12(15)3-2-8-20(13)19-14/h2-9H,1H3,(H,17,19). The number of pyridine rings is 1. The summed E-state index contributed by atoms with van der Waals surface area (Å²) < 4.78 is 2.65. The molecule has 3 aromatic rings. The third-order valence-corrected chi connectivity index (χ3v) is 3.90. The molecule has 0 amide bonds. The van der Waals surface area contributed by atoms with Crippen LogP contribution in [0.5, 0.6) is 0 Å². The first-order chi connectivity index (χ1) is 9.63. The molecule has 0 saturated carbocycles. The average molecular weight is 352 g/mol. The maximum Gasteiger partial charge on any atom is 0.243 e. The van der Waals surface area contributed by atoms with Crippen molar-refractivity contribution in [3.05, 3.63) is 57.7 Å². The van der Waals surface area contributed by atoms with Crippen molar-refractivity contribution in [3.8, 4) is 0 Å². The van der Waals surface area contributed by atoms with E-state index in [0.29, 0.717) is 5.95 Å². The summed E-state index contributed by atoms with van der Waals surface area (Å²) in [4.78, 5) is 4.46. The van der Waals surface area contributed by atoms with E-state index >= 15 is 0 Å². The number of nitrogens with zero attached hydrogens (tertiary/aromatic N) is 3. The Balaban J connectivity index is 1.85. The van der Waals surface area contributed by atoms with Crippen LogP contribution in [0.15, 0.2) is 47.1 Å². The highest BCUT2D eigenvalue weighted by Crippen LogP contribution is 2.21. The molecule has 20 heavy (non-hydrogen) atoms. The molecule has 1 N–H and O–H groups in total. The average Bonchev–Trinajstić information content (AvgIpc) is 2.83. The van der Waals surface area contributed by atoms with Crippen molar-refractivity contribution in [1.82, 2.24) is 14.6 Å². The zero-order valence-electron chi connectivity index (χ0n) is 10.7. The Hall–Kier alpha value is -1.59. The molecule has 2 aromatic heterocycles. The quantitative estimate of drug-likeness (QED) is 0.764. The van der Waals surface area contributed by atoms with Crippen molar-refractivity contribution in [2.45, 2.75) is 13.0 Å². The monoisotopic (exact) mass is 350 g/mol. The number of aromatic nitrogens is 3. The van der Waals surface area contributed by atoms with Crippen LogP contribution in [0, 0.1) is 0 Å². The molecule has 2 heterocycles. The Bertz CT molecular complexity index is 739. The van der Waals surface area contributed by atoms with Gasteiger partial charge in [0.2, 0.25) is 5.95 Å². The van der Waals surface area contributed by atoms with E-state index in [1.807, 2.05) is 42.6 Å². The molecule has 0 aliphatic rings. The molecule has 0 radical (unpaired) electrons. The third-order valence-electron chi connectivity index (χ3n) is 3.03. The molecule has 102 valence electrons. The van der Waals surface area contributed by atoms with Crippen LogP contribution < -0.4 is 5.32 Å². The fraction of sp³-hybridized carbons (Fsp3) is 0.143. The summed E-state index contributed by atoms with van der Waals surface area (Å²) in [6.07, 6.45) is 1.87. The van der Waals surface area contributed by atoms with Gasteiger partial charge in [-0.3, -0.25) is 0 Å². The molecule has 1 unspecified atom stereocenters. The van der Waals surface area contributed by atoms with E-state index in [1.54, 1.807) is 4.52 Å². The maximum absolute atomic E-state index is 5.89. The van der Waals surface area contributed by atoms with Crippen LogP contribution in [0.3, 0.4) is 0 Å². The molecular weight excluding hydrogens is 340 g/mol. The first-order valence-electron chi connectivity index (χ1n) is 6.16. The Labute approximate surface area is 129 Å². The number of rotatable bonds is 3. The van der Waals surface area contributed by atoms with Crippen molar-refractivity contribution in [1.29, 1.82) is 0 Å². The summed E-state index contributed by atoms with van der Waals surface area (Å²) in [5, 5.41) is 8.41. The minimum absolute atomic E-state index is 0.100. The summed E-state index contributed by atoms with van der Waals surface area (Å²) >= 11 is 9.36. The summed E-state index contributed by atoms with van der Waals surface area (Å²) in [5.41, 5.74) is 1.92. The van der Waals surface area contributed by atoms with Crippen LogP contribution in [0.25, 0.3) is 5.65 Å². The Morgan fingerprint density at radius 3 is 2.70 bits per heavy atom. The molecule has 6 heteroatoms. The fourth-order valence-corrected chi connectivity index (χ4v) is 2.51. The van der Waals surface area contributed by atoms with Gasteiger partial charge in [0.15, 0.2) is 5.65 Å². The smallest absolute Gasteiger partial charge is 0.243 e.